The second-order valence-corrected chi connectivity index (χ2v) is 9.58. The standard InChI is InChI=1S/C20H28O6/c1-9-10-6-11(22)15-19(8-21)12(18(2,3)5-4-13(19)23)7-14(24)20(15,16(9)25)17(10)26/h8,10-15,17,22-24,26H,1,4-7H2,2-3H3/t10-,11-,12+,13+,14+,15-,17+,19-,20+/m0/s1. The van der Waals surface area contributed by atoms with Crippen molar-refractivity contribution in [2.45, 2.75) is 63.9 Å². The normalized spacial score (nSPS) is 55.2. The van der Waals surface area contributed by atoms with E-state index in [1.165, 1.54) is 0 Å². The van der Waals surface area contributed by atoms with Gasteiger partial charge < -0.3 is 25.2 Å². The summed E-state index contributed by atoms with van der Waals surface area (Å²) in [5, 5.41) is 44.0. The molecule has 2 bridgehead atoms. The molecule has 0 aromatic carbocycles. The zero-order chi connectivity index (χ0) is 19.2. The van der Waals surface area contributed by atoms with Crippen molar-refractivity contribution in [1.82, 2.24) is 0 Å². The maximum absolute atomic E-state index is 13.2. The Morgan fingerprint density at radius 3 is 2.38 bits per heavy atom. The van der Waals surface area contributed by atoms with Gasteiger partial charge >= 0.3 is 0 Å². The van der Waals surface area contributed by atoms with Gasteiger partial charge in [-0.2, -0.15) is 0 Å². The Bertz CT molecular complexity index is 686. The number of hydrogen-bond acceptors (Lipinski definition) is 6. The molecule has 0 aliphatic heterocycles. The number of fused-ring (bicyclic) bond motifs is 3. The second kappa shape index (κ2) is 5.25. The maximum atomic E-state index is 13.2. The van der Waals surface area contributed by atoms with Crippen molar-refractivity contribution < 1.29 is 30.0 Å². The van der Waals surface area contributed by atoms with Crippen LogP contribution in [0.5, 0.6) is 0 Å². The van der Waals surface area contributed by atoms with Gasteiger partial charge in [0.15, 0.2) is 5.78 Å². The fourth-order valence-electron chi connectivity index (χ4n) is 7.16. The lowest BCUT2D eigenvalue weighted by Crippen LogP contribution is -2.74. The molecule has 4 saturated carbocycles. The Morgan fingerprint density at radius 1 is 1.12 bits per heavy atom. The zero-order valence-electron chi connectivity index (χ0n) is 15.3. The van der Waals surface area contributed by atoms with E-state index in [-0.39, 0.29) is 29.7 Å². The fraction of sp³-hybridized carbons (Fsp3) is 0.800. The van der Waals surface area contributed by atoms with Gasteiger partial charge in [0.2, 0.25) is 0 Å². The van der Waals surface area contributed by atoms with Gasteiger partial charge in [-0.05, 0) is 42.6 Å². The molecule has 1 spiro atoms. The lowest BCUT2D eigenvalue weighted by molar-refractivity contribution is -0.266. The van der Waals surface area contributed by atoms with Crippen molar-refractivity contribution in [3.8, 4) is 0 Å². The highest BCUT2D eigenvalue weighted by Crippen LogP contribution is 2.70. The number of carbonyl (C=O) groups excluding carboxylic acids is 2. The molecule has 4 aliphatic carbocycles. The minimum atomic E-state index is -1.66. The molecule has 6 heteroatoms. The Hall–Kier alpha value is -1.08. The van der Waals surface area contributed by atoms with E-state index in [2.05, 4.69) is 6.58 Å². The van der Waals surface area contributed by atoms with Gasteiger partial charge in [-0.3, -0.25) is 4.79 Å². The number of carbonyl (C=O) groups is 2. The molecule has 4 rings (SSSR count). The van der Waals surface area contributed by atoms with Gasteiger partial charge in [0.1, 0.15) is 6.29 Å². The first-order chi connectivity index (χ1) is 12.1. The van der Waals surface area contributed by atoms with E-state index in [1.54, 1.807) is 0 Å². The van der Waals surface area contributed by atoms with Crippen LogP contribution in [-0.4, -0.2) is 56.9 Å². The van der Waals surface area contributed by atoms with Crippen molar-refractivity contribution in [2.24, 2.45) is 34.0 Å². The summed E-state index contributed by atoms with van der Waals surface area (Å²) in [5.74, 6) is -2.48. The number of aliphatic hydroxyl groups is 4. The van der Waals surface area contributed by atoms with Gasteiger partial charge in [-0.25, -0.2) is 0 Å². The average Bonchev–Trinajstić information content (AvgIpc) is 2.70. The summed E-state index contributed by atoms with van der Waals surface area (Å²) >= 11 is 0. The smallest absolute Gasteiger partial charge is 0.170 e. The molecule has 144 valence electrons. The van der Waals surface area contributed by atoms with E-state index in [0.717, 1.165) is 0 Å². The van der Waals surface area contributed by atoms with Crippen LogP contribution in [-0.2, 0) is 9.59 Å². The minimum Gasteiger partial charge on any atom is -0.393 e. The Kier molecular flexibility index (Phi) is 3.69. The number of aldehydes is 1. The highest BCUT2D eigenvalue weighted by atomic mass is 16.3. The summed E-state index contributed by atoms with van der Waals surface area (Å²) in [5.41, 5.74) is -3.16. The topological polar surface area (TPSA) is 115 Å². The summed E-state index contributed by atoms with van der Waals surface area (Å²) in [4.78, 5) is 25.7. The van der Waals surface area contributed by atoms with Crippen LogP contribution in [0.4, 0.5) is 0 Å². The molecule has 6 nitrogen and oxygen atoms in total. The number of Topliss-reactive ketones (excluding diaryl/α,β-unsaturated/α-hetero) is 1. The van der Waals surface area contributed by atoms with Crippen LogP contribution >= 0.6 is 0 Å². The molecule has 4 aliphatic rings. The number of rotatable bonds is 1. The van der Waals surface area contributed by atoms with Gasteiger partial charge in [0.25, 0.3) is 0 Å². The summed E-state index contributed by atoms with van der Waals surface area (Å²) in [6.45, 7) is 7.79. The lowest BCUT2D eigenvalue weighted by atomic mass is 9.38. The molecule has 0 aromatic rings. The first-order valence-corrected chi connectivity index (χ1v) is 9.49. The summed E-state index contributed by atoms with van der Waals surface area (Å²) in [7, 11) is 0. The second-order valence-electron chi connectivity index (χ2n) is 9.58. The van der Waals surface area contributed by atoms with E-state index in [1.807, 2.05) is 13.8 Å². The molecule has 9 atom stereocenters. The predicted octanol–water partition coefficient (Wildman–Crippen LogP) is 0.217. The van der Waals surface area contributed by atoms with Crippen molar-refractivity contribution in [3.63, 3.8) is 0 Å². The molecular formula is C20H28O6. The van der Waals surface area contributed by atoms with Crippen molar-refractivity contribution >= 4 is 12.1 Å². The van der Waals surface area contributed by atoms with Gasteiger partial charge in [0.05, 0.1) is 35.2 Å². The third-order valence-electron chi connectivity index (χ3n) is 8.34. The van der Waals surface area contributed by atoms with Crippen molar-refractivity contribution in [3.05, 3.63) is 12.2 Å². The summed E-state index contributed by atoms with van der Waals surface area (Å²) in [6.07, 6.45) is -2.46. The molecule has 26 heavy (non-hydrogen) atoms. The molecule has 0 saturated heterocycles. The van der Waals surface area contributed by atoms with Gasteiger partial charge in [0, 0.05) is 11.8 Å². The van der Waals surface area contributed by atoms with E-state index < -0.39 is 52.9 Å². The fourth-order valence-corrected chi connectivity index (χ4v) is 7.16. The van der Waals surface area contributed by atoms with Gasteiger partial charge in [-0.1, -0.05) is 20.4 Å². The minimum absolute atomic E-state index is 0.111. The van der Waals surface area contributed by atoms with Crippen LogP contribution in [0.25, 0.3) is 0 Å². The molecule has 0 radical (unpaired) electrons. The van der Waals surface area contributed by atoms with Crippen LogP contribution in [0.1, 0.15) is 39.5 Å². The third-order valence-corrected chi connectivity index (χ3v) is 8.34. The highest BCUT2D eigenvalue weighted by molar-refractivity contribution is 6.05. The lowest BCUT2D eigenvalue weighted by Gasteiger charge is -2.66. The third kappa shape index (κ3) is 1.72. The molecular weight excluding hydrogens is 336 g/mol. The zero-order valence-corrected chi connectivity index (χ0v) is 15.3. The van der Waals surface area contributed by atoms with Gasteiger partial charge in [-0.15, -0.1) is 0 Å². The molecule has 0 unspecified atom stereocenters. The number of aliphatic hydroxyl groups excluding tert-OH is 4. The number of hydrogen-bond donors (Lipinski definition) is 4. The molecule has 0 amide bonds. The summed E-state index contributed by atoms with van der Waals surface area (Å²) in [6, 6.07) is 0. The van der Waals surface area contributed by atoms with Crippen LogP contribution in [0.2, 0.25) is 0 Å². The highest BCUT2D eigenvalue weighted by Gasteiger charge is 2.78. The van der Waals surface area contributed by atoms with Crippen molar-refractivity contribution in [2.75, 3.05) is 0 Å². The van der Waals surface area contributed by atoms with Crippen LogP contribution in [0.15, 0.2) is 12.2 Å². The van der Waals surface area contributed by atoms with Crippen molar-refractivity contribution in [1.29, 1.82) is 0 Å². The summed E-state index contributed by atoms with van der Waals surface area (Å²) < 4.78 is 0. The van der Waals surface area contributed by atoms with E-state index in [4.69, 9.17) is 0 Å². The molecule has 0 aromatic heterocycles. The molecule has 4 fully saturated rings. The van der Waals surface area contributed by atoms with Crippen LogP contribution in [0, 0.1) is 34.0 Å². The number of ketones is 1. The Labute approximate surface area is 152 Å². The monoisotopic (exact) mass is 364 g/mol. The largest absolute Gasteiger partial charge is 0.393 e. The average molecular weight is 364 g/mol. The molecule has 0 heterocycles. The first kappa shape index (κ1) is 18.3. The van der Waals surface area contributed by atoms with E-state index in [9.17, 15) is 30.0 Å². The SMILES string of the molecule is C=C1C(=O)[C@@]23[C@H](O)C[C@@H]4C(C)(C)CC[C@@H](O)[C@@]4(C=O)[C@@H]2[C@@H](O)C[C@@H]1[C@H]3O. The Balaban J connectivity index is 2.00. The van der Waals surface area contributed by atoms with Crippen LogP contribution < -0.4 is 0 Å². The first-order valence-electron chi connectivity index (χ1n) is 9.49. The van der Waals surface area contributed by atoms with Crippen LogP contribution in [0.3, 0.4) is 0 Å². The van der Waals surface area contributed by atoms with E-state index >= 15 is 0 Å². The molecule has 4 N–H and O–H groups in total. The van der Waals surface area contributed by atoms with E-state index in [0.29, 0.717) is 19.1 Å². The maximum Gasteiger partial charge on any atom is 0.170 e. The Morgan fingerprint density at radius 2 is 1.77 bits per heavy atom. The predicted molar refractivity (Wildman–Crippen MR) is 91.8 cm³/mol. The quantitative estimate of drug-likeness (QED) is 0.391.